The van der Waals surface area contributed by atoms with Gasteiger partial charge in [0, 0.05) is 32.3 Å². The number of likely N-dealkylation sites (N-methyl/N-ethyl adjacent to an activating group) is 1. The molecule has 1 aliphatic carbocycles. The minimum Gasteiger partial charge on any atom is -0.380 e. The fraction of sp³-hybridized carbons (Fsp3) is 1.00. The summed E-state index contributed by atoms with van der Waals surface area (Å²) < 4.78 is 5.49. The van der Waals surface area contributed by atoms with Crippen LogP contribution in [0.25, 0.3) is 0 Å². The van der Waals surface area contributed by atoms with Crippen LogP contribution in [-0.2, 0) is 4.74 Å². The maximum Gasteiger partial charge on any atom is 0.0710 e. The van der Waals surface area contributed by atoms with E-state index >= 15 is 0 Å². The van der Waals surface area contributed by atoms with Crippen molar-refractivity contribution in [2.75, 3.05) is 27.2 Å². The first kappa shape index (κ1) is 13.3. The van der Waals surface area contributed by atoms with Gasteiger partial charge in [0.1, 0.15) is 0 Å². The Morgan fingerprint density at radius 3 is 2.65 bits per heavy atom. The predicted octanol–water partition coefficient (Wildman–Crippen LogP) is 1.87. The van der Waals surface area contributed by atoms with E-state index in [1.165, 1.54) is 32.2 Å². The third-order valence-corrected chi connectivity index (χ3v) is 4.71. The van der Waals surface area contributed by atoms with Crippen molar-refractivity contribution in [2.45, 2.75) is 57.7 Å². The molecular formula is C14H28N2O. The lowest BCUT2D eigenvalue weighted by molar-refractivity contribution is 0.0605. The minimum atomic E-state index is 0.456. The molecule has 2 aliphatic rings. The van der Waals surface area contributed by atoms with Crippen molar-refractivity contribution in [3.05, 3.63) is 0 Å². The number of hydrogen-bond acceptors (Lipinski definition) is 3. The summed E-state index contributed by atoms with van der Waals surface area (Å²) >= 11 is 0. The van der Waals surface area contributed by atoms with Crippen LogP contribution in [0.15, 0.2) is 0 Å². The fourth-order valence-corrected chi connectivity index (χ4v) is 3.52. The van der Waals surface area contributed by atoms with Gasteiger partial charge in [-0.2, -0.15) is 0 Å². The van der Waals surface area contributed by atoms with E-state index < -0.39 is 0 Å². The van der Waals surface area contributed by atoms with Gasteiger partial charge in [-0.1, -0.05) is 13.8 Å². The second-order valence-electron chi connectivity index (χ2n) is 6.51. The van der Waals surface area contributed by atoms with Crippen molar-refractivity contribution in [1.82, 2.24) is 10.2 Å². The third-order valence-electron chi connectivity index (χ3n) is 4.71. The van der Waals surface area contributed by atoms with Crippen LogP contribution in [0.4, 0.5) is 0 Å². The molecule has 1 heterocycles. The molecule has 0 amide bonds. The van der Waals surface area contributed by atoms with Gasteiger partial charge in [0.2, 0.25) is 0 Å². The monoisotopic (exact) mass is 240 g/mol. The van der Waals surface area contributed by atoms with Crippen LogP contribution >= 0.6 is 0 Å². The molecule has 17 heavy (non-hydrogen) atoms. The molecule has 1 aliphatic heterocycles. The molecule has 2 rings (SSSR count). The lowest BCUT2D eigenvalue weighted by Crippen LogP contribution is -2.53. The van der Waals surface area contributed by atoms with Crippen molar-refractivity contribution < 1.29 is 4.74 Å². The highest BCUT2D eigenvalue weighted by Crippen LogP contribution is 2.38. The number of rotatable bonds is 3. The van der Waals surface area contributed by atoms with Gasteiger partial charge in [0.15, 0.2) is 0 Å². The highest BCUT2D eigenvalue weighted by atomic mass is 16.5. The Kier molecular flexibility index (Phi) is 4.11. The zero-order valence-corrected chi connectivity index (χ0v) is 11.8. The number of nitrogens with zero attached hydrogens (tertiary/aromatic N) is 1. The normalized spacial score (nSPS) is 38.5. The minimum absolute atomic E-state index is 0.456. The Morgan fingerprint density at radius 2 is 2.06 bits per heavy atom. The van der Waals surface area contributed by atoms with Crippen molar-refractivity contribution in [3.63, 3.8) is 0 Å². The van der Waals surface area contributed by atoms with Crippen molar-refractivity contribution >= 4 is 0 Å². The molecule has 1 saturated heterocycles. The summed E-state index contributed by atoms with van der Waals surface area (Å²) in [6.07, 6.45) is 5.62. The van der Waals surface area contributed by atoms with E-state index in [1.807, 2.05) is 7.11 Å². The smallest absolute Gasteiger partial charge is 0.0710 e. The summed E-state index contributed by atoms with van der Waals surface area (Å²) in [6.45, 7) is 7.15. The molecule has 1 N–H and O–H groups in total. The van der Waals surface area contributed by atoms with E-state index in [4.69, 9.17) is 4.74 Å². The van der Waals surface area contributed by atoms with Gasteiger partial charge in [0.05, 0.1) is 6.10 Å². The van der Waals surface area contributed by atoms with Crippen LogP contribution in [0.1, 0.15) is 39.5 Å². The van der Waals surface area contributed by atoms with E-state index in [0.29, 0.717) is 23.6 Å². The maximum atomic E-state index is 5.49. The zero-order chi connectivity index (χ0) is 12.5. The van der Waals surface area contributed by atoms with Crippen LogP contribution in [0.2, 0.25) is 0 Å². The van der Waals surface area contributed by atoms with E-state index in [0.717, 1.165) is 6.54 Å². The van der Waals surface area contributed by atoms with E-state index in [9.17, 15) is 0 Å². The Bertz CT molecular complexity index is 255. The molecular weight excluding hydrogens is 212 g/mol. The van der Waals surface area contributed by atoms with Gasteiger partial charge in [-0.25, -0.2) is 0 Å². The van der Waals surface area contributed by atoms with Crippen LogP contribution in [0.3, 0.4) is 0 Å². The summed E-state index contributed by atoms with van der Waals surface area (Å²) in [5.74, 6) is 0. The Hall–Kier alpha value is -0.120. The molecule has 3 nitrogen and oxygen atoms in total. The summed E-state index contributed by atoms with van der Waals surface area (Å²) in [7, 11) is 3.95. The predicted molar refractivity (Wildman–Crippen MR) is 71.3 cm³/mol. The molecule has 0 aromatic carbocycles. The highest BCUT2D eigenvalue weighted by Gasteiger charge is 2.39. The van der Waals surface area contributed by atoms with Gasteiger partial charge in [-0.15, -0.1) is 0 Å². The molecule has 0 aromatic rings. The molecule has 3 atom stereocenters. The first-order valence-corrected chi connectivity index (χ1v) is 7.00. The lowest BCUT2D eigenvalue weighted by Gasteiger charge is -2.44. The molecule has 0 aromatic heterocycles. The van der Waals surface area contributed by atoms with Crippen molar-refractivity contribution in [1.29, 1.82) is 0 Å². The summed E-state index contributed by atoms with van der Waals surface area (Å²) in [5, 5.41) is 3.52. The van der Waals surface area contributed by atoms with Gasteiger partial charge < -0.3 is 10.1 Å². The second-order valence-corrected chi connectivity index (χ2v) is 6.51. The van der Waals surface area contributed by atoms with Crippen LogP contribution in [-0.4, -0.2) is 50.3 Å². The van der Waals surface area contributed by atoms with Gasteiger partial charge >= 0.3 is 0 Å². The summed E-state index contributed by atoms with van der Waals surface area (Å²) in [4.78, 5) is 2.65. The summed E-state index contributed by atoms with van der Waals surface area (Å²) in [6, 6.07) is 1.36. The fourth-order valence-electron chi connectivity index (χ4n) is 3.52. The SMILES string of the molecule is CNC1CCC(C)(C)CC1N1CCC(OC)C1. The number of methoxy groups -OCH3 is 1. The highest BCUT2D eigenvalue weighted by molar-refractivity contribution is 4.96. The first-order chi connectivity index (χ1) is 8.05. The Labute approximate surface area is 106 Å². The quantitative estimate of drug-likeness (QED) is 0.815. The average molecular weight is 240 g/mol. The standard InChI is InChI=1S/C14H28N2O/c1-14(2)7-5-12(15-3)13(9-14)16-8-6-11(10-16)17-4/h11-13,15H,5-10H2,1-4H3. The number of likely N-dealkylation sites (tertiary alicyclic amines) is 1. The van der Waals surface area contributed by atoms with E-state index in [-0.39, 0.29) is 0 Å². The largest absolute Gasteiger partial charge is 0.380 e. The van der Waals surface area contributed by atoms with Crippen LogP contribution in [0.5, 0.6) is 0 Å². The van der Waals surface area contributed by atoms with Crippen molar-refractivity contribution in [2.24, 2.45) is 5.41 Å². The van der Waals surface area contributed by atoms with E-state index in [2.05, 4.69) is 31.1 Å². The number of hydrogen-bond donors (Lipinski definition) is 1. The molecule has 2 fully saturated rings. The molecule has 3 heteroatoms. The zero-order valence-electron chi connectivity index (χ0n) is 11.8. The van der Waals surface area contributed by atoms with Crippen LogP contribution in [0, 0.1) is 5.41 Å². The van der Waals surface area contributed by atoms with E-state index in [1.54, 1.807) is 0 Å². The topological polar surface area (TPSA) is 24.5 Å². The maximum absolute atomic E-state index is 5.49. The number of ether oxygens (including phenoxy) is 1. The molecule has 0 bridgehead atoms. The Morgan fingerprint density at radius 1 is 1.29 bits per heavy atom. The lowest BCUT2D eigenvalue weighted by atomic mass is 9.72. The summed E-state index contributed by atoms with van der Waals surface area (Å²) in [5.41, 5.74) is 0.503. The number of nitrogens with one attached hydrogen (secondary N) is 1. The van der Waals surface area contributed by atoms with Gasteiger partial charge in [0.25, 0.3) is 0 Å². The third kappa shape index (κ3) is 3.01. The average Bonchev–Trinajstić information content (AvgIpc) is 2.76. The molecule has 3 unspecified atom stereocenters. The first-order valence-electron chi connectivity index (χ1n) is 7.00. The molecule has 1 saturated carbocycles. The van der Waals surface area contributed by atoms with Crippen molar-refractivity contribution in [3.8, 4) is 0 Å². The Balaban J connectivity index is 2.00. The van der Waals surface area contributed by atoms with Crippen LogP contribution < -0.4 is 5.32 Å². The van der Waals surface area contributed by atoms with Gasteiger partial charge in [-0.05, 0) is 38.1 Å². The molecule has 100 valence electrons. The van der Waals surface area contributed by atoms with Gasteiger partial charge in [-0.3, -0.25) is 4.90 Å². The molecule has 0 radical (unpaired) electrons. The second kappa shape index (κ2) is 5.25. The molecule has 0 spiro atoms.